The summed E-state index contributed by atoms with van der Waals surface area (Å²) in [7, 11) is 0. The van der Waals surface area contributed by atoms with Crippen molar-refractivity contribution in [2.45, 2.75) is 0 Å². The number of fused-ring (bicyclic) bond motifs is 6. The molecule has 4 nitrogen and oxygen atoms in total. The van der Waals surface area contributed by atoms with E-state index in [4.69, 9.17) is 0 Å². The lowest BCUT2D eigenvalue weighted by atomic mass is 10.1. The van der Waals surface area contributed by atoms with Gasteiger partial charge in [-0.3, -0.25) is 0 Å². The van der Waals surface area contributed by atoms with E-state index in [9.17, 15) is 10.5 Å². The monoisotopic (exact) mass is 400 g/mol. The van der Waals surface area contributed by atoms with Gasteiger partial charge in [0.25, 0.3) is 0 Å². The first-order chi connectivity index (χ1) is 14.8. The van der Waals surface area contributed by atoms with Crippen LogP contribution in [0.1, 0.15) is 11.4 Å². The molecule has 5 heteroatoms. The topological polar surface area (TPSA) is 65.4 Å². The predicted octanol–water partition coefficient (Wildman–Crippen LogP) is 6.29. The van der Waals surface area contributed by atoms with Gasteiger partial charge in [0.15, 0.2) is 0 Å². The van der Waals surface area contributed by atoms with Gasteiger partial charge in [-0.1, -0.05) is 36.4 Å². The van der Waals surface area contributed by atoms with Gasteiger partial charge in [0.2, 0.25) is 0 Å². The smallest absolute Gasteiger partial charge is 0.144 e. The van der Waals surface area contributed by atoms with Crippen molar-refractivity contribution in [2.75, 3.05) is 0 Å². The maximum Gasteiger partial charge on any atom is 0.144 e. The molecule has 3 heterocycles. The Morgan fingerprint density at radius 1 is 0.667 bits per heavy atom. The molecule has 0 saturated heterocycles. The van der Waals surface area contributed by atoms with E-state index < -0.39 is 0 Å². The second-order valence-electron chi connectivity index (χ2n) is 7.14. The number of nitriles is 2. The molecule has 0 aliphatic carbocycles. The average Bonchev–Trinajstić information content (AvgIpc) is 3.32. The van der Waals surface area contributed by atoms with Gasteiger partial charge in [0, 0.05) is 30.9 Å². The van der Waals surface area contributed by atoms with Gasteiger partial charge in [-0.05, 0) is 36.4 Å². The number of benzene rings is 3. The van der Waals surface area contributed by atoms with Crippen LogP contribution in [0.3, 0.4) is 0 Å². The van der Waals surface area contributed by atoms with Crippen molar-refractivity contribution in [3.63, 3.8) is 0 Å². The maximum absolute atomic E-state index is 9.40. The number of nitrogens with zero attached hydrogens (tertiary/aromatic N) is 4. The molecule has 0 aliphatic heterocycles. The van der Waals surface area contributed by atoms with Crippen LogP contribution in [0.2, 0.25) is 0 Å². The van der Waals surface area contributed by atoms with Gasteiger partial charge < -0.3 is 4.57 Å². The van der Waals surface area contributed by atoms with E-state index in [1.54, 1.807) is 23.5 Å². The number of pyridine rings is 1. The molecule has 6 aromatic rings. The number of rotatable bonds is 1. The predicted molar refractivity (Wildman–Crippen MR) is 121 cm³/mol. The Labute approximate surface area is 175 Å². The number of aromatic nitrogens is 2. The largest absolute Gasteiger partial charge is 0.309 e. The van der Waals surface area contributed by atoms with E-state index in [2.05, 4.69) is 70.2 Å². The number of para-hydroxylation sites is 1. The van der Waals surface area contributed by atoms with Crippen LogP contribution in [0.25, 0.3) is 47.7 Å². The average molecular weight is 400 g/mol. The number of hydrogen-bond donors (Lipinski definition) is 0. The minimum absolute atomic E-state index is 0.234. The summed E-state index contributed by atoms with van der Waals surface area (Å²) in [5.74, 6) is 0. The molecule has 3 aromatic heterocycles. The van der Waals surface area contributed by atoms with Crippen LogP contribution in [0.5, 0.6) is 0 Å². The highest BCUT2D eigenvalue weighted by atomic mass is 32.1. The lowest BCUT2D eigenvalue weighted by molar-refractivity contribution is 1.13. The second-order valence-corrected chi connectivity index (χ2v) is 8.22. The summed E-state index contributed by atoms with van der Waals surface area (Å²) >= 11 is 1.78. The Morgan fingerprint density at radius 3 is 2.13 bits per heavy atom. The van der Waals surface area contributed by atoms with Gasteiger partial charge in [0.05, 0.1) is 16.7 Å². The highest BCUT2D eigenvalue weighted by Crippen LogP contribution is 2.40. The van der Waals surface area contributed by atoms with E-state index in [0.29, 0.717) is 0 Å². The fraction of sp³-hybridized carbons (Fsp3) is 0. The van der Waals surface area contributed by atoms with Crippen molar-refractivity contribution in [3.8, 4) is 17.8 Å². The molecule has 0 bridgehead atoms. The van der Waals surface area contributed by atoms with Crippen molar-refractivity contribution < 1.29 is 0 Å². The molecular weight excluding hydrogens is 388 g/mol. The maximum atomic E-state index is 9.40. The van der Waals surface area contributed by atoms with Crippen LogP contribution in [0.4, 0.5) is 0 Å². The van der Waals surface area contributed by atoms with Gasteiger partial charge in [0.1, 0.15) is 23.5 Å². The molecule has 30 heavy (non-hydrogen) atoms. The SMILES string of the molecule is N#Cc1cc(-n2c3ccccc3c3cc4c(cc32)sc2ccccc24)cc(C#N)n1. The van der Waals surface area contributed by atoms with Crippen LogP contribution in [-0.4, -0.2) is 9.55 Å². The van der Waals surface area contributed by atoms with Crippen molar-refractivity contribution in [2.24, 2.45) is 0 Å². The minimum atomic E-state index is 0.234. The van der Waals surface area contributed by atoms with Crippen LogP contribution in [-0.2, 0) is 0 Å². The van der Waals surface area contributed by atoms with Gasteiger partial charge >= 0.3 is 0 Å². The zero-order valence-corrected chi connectivity index (χ0v) is 16.4. The number of thiophene rings is 1. The molecule has 0 amide bonds. The van der Waals surface area contributed by atoms with Crippen LogP contribution in [0, 0.1) is 22.7 Å². The first-order valence-electron chi connectivity index (χ1n) is 9.44. The summed E-state index contributed by atoms with van der Waals surface area (Å²) in [6.07, 6.45) is 0. The summed E-state index contributed by atoms with van der Waals surface area (Å²) in [5.41, 5.74) is 3.32. The highest BCUT2D eigenvalue weighted by Gasteiger charge is 2.16. The first-order valence-corrected chi connectivity index (χ1v) is 10.3. The molecule has 3 aromatic carbocycles. The fourth-order valence-electron chi connectivity index (χ4n) is 4.23. The molecular formula is C25H12N4S. The van der Waals surface area contributed by atoms with Crippen LogP contribution in [0.15, 0.2) is 72.8 Å². The minimum Gasteiger partial charge on any atom is -0.309 e. The van der Waals surface area contributed by atoms with Gasteiger partial charge in [-0.25, -0.2) is 4.98 Å². The third-order valence-electron chi connectivity index (χ3n) is 5.47. The Morgan fingerprint density at radius 2 is 1.37 bits per heavy atom. The Hall–Kier alpha value is -4.19. The van der Waals surface area contributed by atoms with E-state index >= 15 is 0 Å². The molecule has 138 valence electrons. The molecule has 0 atom stereocenters. The Kier molecular flexibility index (Phi) is 3.43. The zero-order chi connectivity index (χ0) is 20.2. The molecule has 0 spiro atoms. The van der Waals surface area contributed by atoms with Crippen molar-refractivity contribution in [1.82, 2.24) is 9.55 Å². The van der Waals surface area contributed by atoms with Crippen molar-refractivity contribution in [3.05, 3.63) is 84.2 Å². The summed E-state index contributed by atoms with van der Waals surface area (Å²) in [6, 6.07) is 28.8. The molecule has 0 radical (unpaired) electrons. The van der Waals surface area contributed by atoms with Crippen LogP contribution >= 0.6 is 11.3 Å². The highest BCUT2D eigenvalue weighted by molar-refractivity contribution is 7.25. The second kappa shape index (κ2) is 6.15. The quantitative estimate of drug-likeness (QED) is 0.326. The molecule has 0 fully saturated rings. The lowest BCUT2D eigenvalue weighted by Gasteiger charge is -2.08. The molecule has 0 N–H and O–H groups in total. The zero-order valence-electron chi connectivity index (χ0n) is 15.6. The van der Waals surface area contributed by atoms with Crippen molar-refractivity contribution >= 4 is 53.3 Å². The van der Waals surface area contributed by atoms with E-state index in [0.717, 1.165) is 27.5 Å². The molecule has 6 rings (SSSR count). The summed E-state index contributed by atoms with van der Waals surface area (Å²) in [5, 5.41) is 23.6. The van der Waals surface area contributed by atoms with Gasteiger partial charge in [-0.15, -0.1) is 11.3 Å². The first kappa shape index (κ1) is 16.7. The third kappa shape index (κ3) is 2.27. The number of hydrogen-bond acceptors (Lipinski definition) is 4. The van der Waals surface area contributed by atoms with Crippen molar-refractivity contribution in [1.29, 1.82) is 10.5 Å². The fourth-order valence-corrected chi connectivity index (χ4v) is 5.35. The van der Waals surface area contributed by atoms with Gasteiger partial charge in [-0.2, -0.15) is 10.5 Å². The summed E-state index contributed by atoms with van der Waals surface area (Å²) in [4.78, 5) is 4.09. The lowest BCUT2D eigenvalue weighted by Crippen LogP contribution is -1.98. The van der Waals surface area contributed by atoms with E-state index in [1.807, 2.05) is 12.1 Å². The molecule has 0 unspecified atom stereocenters. The molecule has 0 saturated carbocycles. The van der Waals surface area contributed by atoms with E-state index in [1.165, 1.54) is 20.2 Å². The third-order valence-corrected chi connectivity index (χ3v) is 6.60. The van der Waals surface area contributed by atoms with Crippen LogP contribution < -0.4 is 0 Å². The standard InChI is InChI=1S/C25H12N4S/c26-13-15-9-17(10-16(14-27)28-15)29-22-7-3-1-5-18(22)20-11-21-19-6-2-4-8-24(19)30-25(21)12-23(20)29/h1-12H. The Bertz CT molecular complexity index is 1690. The summed E-state index contributed by atoms with van der Waals surface area (Å²) in [6.45, 7) is 0. The Balaban J connectivity index is 1.80. The summed E-state index contributed by atoms with van der Waals surface area (Å²) < 4.78 is 4.60. The normalized spacial score (nSPS) is 11.3. The van der Waals surface area contributed by atoms with E-state index in [-0.39, 0.29) is 11.4 Å². The molecule has 0 aliphatic rings.